The van der Waals surface area contributed by atoms with E-state index in [2.05, 4.69) is 42.7 Å². The van der Waals surface area contributed by atoms with Crippen LogP contribution in [-0.2, 0) is 32.7 Å². The molecule has 0 aromatic heterocycles. The third kappa shape index (κ3) is 38.3. The van der Waals surface area contributed by atoms with E-state index in [1.54, 1.807) is 6.08 Å². The summed E-state index contributed by atoms with van der Waals surface area (Å²) in [5.41, 5.74) is 0. The highest BCUT2D eigenvalue weighted by Crippen LogP contribution is 2.43. The Morgan fingerprint density at radius 2 is 1.20 bits per heavy atom. The van der Waals surface area contributed by atoms with Crippen molar-refractivity contribution in [3.63, 3.8) is 0 Å². The van der Waals surface area contributed by atoms with Gasteiger partial charge in [-0.05, 0) is 70.6 Å². The predicted octanol–water partition coefficient (Wildman–Crippen LogP) is 9.86. The van der Waals surface area contributed by atoms with Crippen molar-refractivity contribution < 1.29 is 52.9 Å². The van der Waals surface area contributed by atoms with E-state index in [4.69, 9.17) is 19.1 Å². The molecule has 56 heavy (non-hydrogen) atoms. The van der Waals surface area contributed by atoms with Crippen molar-refractivity contribution in [1.29, 1.82) is 0 Å². The number of allylic oxidation sites excluding steroid dienone is 10. The number of phosphoric acid groups is 1. The summed E-state index contributed by atoms with van der Waals surface area (Å²) < 4.78 is 32.6. The van der Waals surface area contributed by atoms with E-state index in [-0.39, 0.29) is 19.4 Å². The molecule has 4 N–H and O–H groups in total. The summed E-state index contributed by atoms with van der Waals surface area (Å²) >= 11 is 0. The van der Waals surface area contributed by atoms with Crippen molar-refractivity contribution in [3.05, 3.63) is 72.9 Å². The van der Waals surface area contributed by atoms with Crippen LogP contribution in [0.4, 0.5) is 0 Å². The van der Waals surface area contributed by atoms with Gasteiger partial charge in [0.05, 0.1) is 25.9 Å². The van der Waals surface area contributed by atoms with Crippen LogP contribution in [0.1, 0.15) is 149 Å². The molecule has 0 fully saturated rings. The summed E-state index contributed by atoms with van der Waals surface area (Å²) in [5.74, 6) is -1.05. The van der Waals surface area contributed by atoms with Crippen LogP contribution in [0.3, 0.4) is 0 Å². The molecule has 0 spiro atoms. The number of aliphatic hydroxyl groups excluding tert-OH is 3. The molecular weight excluding hydrogens is 735 g/mol. The number of ether oxygens (including phenoxy) is 2. The number of esters is 2. The fraction of sp³-hybridized carbons (Fsp3) is 0.682. The second kappa shape index (κ2) is 39.2. The molecule has 0 aliphatic heterocycles. The first-order valence-corrected chi connectivity index (χ1v) is 22.5. The maximum Gasteiger partial charge on any atom is 0.472 e. The van der Waals surface area contributed by atoms with Gasteiger partial charge in [0, 0.05) is 12.8 Å². The number of phosphoric ester groups is 1. The standard InChI is InChI=1S/C44H75O11P/c1-3-5-7-9-11-12-13-14-15-16-17-18-23-27-31-35-44(49)55-42(39-54-56(50,51)53-37-41(47)36-45)38-52-43(48)34-30-26-22-20-19-21-25-29-33-40(46)32-28-24-10-8-6-4-2/h6,8,14-15,20-22,24-25,28-29,33,40-42,45-47H,3-5,7,9-13,16-19,23,26-27,30-32,34-39H2,1-2H3,(H,50,51)/b8-6-,15-14-,22-20-,25-21-,28-24-,33-29+/t40?,41-,42+/m0/s1. The normalized spacial score (nSPS) is 15.2. The van der Waals surface area contributed by atoms with Gasteiger partial charge in [0.25, 0.3) is 0 Å². The summed E-state index contributed by atoms with van der Waals surface area (Å²) in [4.78, 5) is 34.9. The molecule has 0 amide bonds. The molecule has 0 aromatic carbocycles. The molecule has 0 aromatic rings. The molecular formula is C44H75O11P. The Kier molecular flexibility index (Phi) is 37.4. The first-order valence-electron chi connectivity index (χ1n) is 21.0. The molecule has 0 heterocycles. The molecule has 0 radical (unpaired) electrons. The van der Waals surface area contributed by atoms with E-state index in [1.807, 2.05) is 42.5 Å². The molecule has 0 bridgehead atoms. The summed E-state index contributed by atoms with van der Waals surface area (Å²) in [7, 11) is -4.65. The van der Waals surface area contributed by atoms with Crippen LogP contribution in [0.15, 0.2) is 72.9 Å². The Morgan fingerprint density at radius 3 is 1.89 bits per heavy atom. The number of rotatable bonds is 38. The molecule has 12 heteroatoms. The van der Waals surface area contributed by atoms with Crippen molar-refractivity contribution in [3.8, 4) is 0 Å². The van der Waals surface area contributed by atoms with Gasteiger partial charge in [0.2, 0.25) is 0 Å². The number of carbonyl (C=O) groups excluding carboxylic acids is 2. The number of hydrogen-bond acceptors (Lipinski definition) is 10. The lowest BCUT2D eigenvalue weighted by atomic mass is 10.1. The van der Waals surface area contributed by atoms with Crippen molar-refractivity contribution in [2.24, 2.45) is 0 Å². The summed E-state index contributed by atoms with van der Waals surface area (Å²) in [6.45, 7) is 2.07. The van der Waals surface area contributed by atoms with E-state index in [0.717, 1.165) is 51.4 Å². The number of hydrogen-bond donors (Lipinski definition) is 4. The van der Waals surface area contributed by atoms with Gasteiger partial charge < -0.3 is 29.7 Å². The molecule has 4 atom stereocenters. The van der Waals surface area contributed by atoms with Crippen LogP contribution in [-0.4, -0.2) is 76.9 Å². The van der Waals surface area contributed by atoms with E-state index in [1.165, 1.54) is 38.5 Å². The van der Waals surface area contributed by atoms with Gasteiger partial charge in [-0.1, -0.05) is 138 Å². The smallest absolute Gasteiger partial charge is 0.462 e. The van der Waals surface area contributed by atoms with Crippen LogP contribution in [0, 0.1) is 0 Å². The van der Waals surface area contributed by atoms with Gasteiger partial charge in [-0.25, -0.2) is 4.57 Å². The van der Waals surface area contributed by atoms with Gasteiger partial charge in [0.15, 0.2) is 6.10 Å². The fourth-order valence-corrected chi connectivity index (χ4v) is 5.95. The van der Waals surface area contributed by atoms with E-state index in [9.17, 15) is 29.3 Å². The number of unbranched alkanes of at least 4 members (excludes halogenated alkanes) is 12. The van der Waals surface area contributed by atoms with E-state index < -0.39 is 57.9 Å². The zero-order chi connectivity index (χ0) is 41.4. The van der Waals surface area contributed by atoms with Crippen LogP contribution in [0.5, 0.6) is 0 Å². The second-order valence-corrected chi connectivity index (χ2v) is 15.3. The molecule has 2 unspecified atom stereocenters. The molecule has 0 saturated heterocycles. The lowest BCUT2D eigenvalue weighted by molar-refractivity contribution is -0.161. The first-order chi connectivity index (χ1) is 27.1. The molecule has 0 aliphatic carbocycles. The Labute approximate surface area is 338 Å². The highest BCUT2D eigenvalue weighted by atomic mass is 31.2. The lowest BCUT2D eigenvalue weighted by Gasteiger charge is -2.20. The largest absolute Gasteiger partial charge is 0.472 e. The van der Waals surface area contributed by atoms with Crippen molar-refractivity contribution in [2.45, 2.75) is 167 Å². The monoisotopic (exact) mass is 811 g/mol. The maximum absolute atomic E-state index is 12.6. The minimum Gasteiger partial charge on any atom is -0.462 e. The Hall–Kier alpha value is -2.63. The fourth-order valence-electron chi connectivity index (χ4n) is 5.16. The average molecular weight is 811 g/mol. The van der Waals surface area contributed by atoms with Gasteiger partial charge in [-0.3, -0.25) is 18.6 Å². The Balaban J connectivity index is 4.50. The number of aliphatic hydroxyl groups is 3. The van der Waals surface area contributed by atoms with E-state index >= 15 is 0 Å². The third-order valence-corrected chi connectivity index (χ3v) is 9.38. The molecule has 0 saturated carbocycles. The molecule has 322 valence electrons. The van der Waals surface area contributed by atoms with Crippen LogP contribution in [0.25, 0.3) is 0 Å². The molecule has 0 rings (SSSR count). The molecule has 11 nitrogen and oxygen atoms in total. The van der Waals surface area contributed by atoms with Gasteiger partial charge in [0.1, 0.15) is 12.7 Å². The quantitative estimate of drug-likeness (QED) is 0.0154. The topological polar surface area (TPSA) is 169 Å². The maximum atomic E-state index is 12.6. The lowest BCUT2D eigenvalue weighted by Crippen LogP contribution is -2.29. The van der Waals surface area contributed by atoms with Gasteiger partial charge >= 0.3 is 19.8 Å². The number of carbonyl (C=O) groups is 2. The first kappa shape index (κ1) is 53.4. The summed E-state index contributed by atoms with van der Waals surface area (Å²) in [6, 6.07) is 0. The van der Waals surface area contributed by atoms with Crippen LogP contribution >= 0.6 is 7.82 Å². The van der Waals surface area contributed by atoms with Crippen molar-refractivity contribution in [2.75, 3.05) is 26.4 Å². The highest BCUT2D eigenvalue weighted by molar-refractivity contribution is 7.47. The van der Waals surface area contributed by atoms with Crippen LogP contribution in [0.2, 0.25) is 0 Å². The summed E-state index contributed by atoms with van der Waals surface area (Å²) in [5, 5.41) is 28.3. The van der Waals surface area contributed by atoms with E-state index in [0.29, 0.717) is 32.1 Å². The van der Waals surface area contributed by atoms with Gasteiger partial charge in [-0.2, -0.15) is 0 Å². The molecule has 0 aliphatic rings. The summed E-state index contributed by atoms with van der Waals surface area (Å²) in [6.07, 6.45) is 40.5. The Morgan fingerprint density at radius 1 is 0.625 bits per heavy atom. The minimum atomic E-state index is -4.65. The predicted molar refractivity (Wildman–Crippen MR) is 225 cm³/mol. The highest BCUT2D eigenvalue weighted by Gasteiger charge is 2.27. The average Bonchev–Trinajstić information content (AvgIpc) is 3.18. The SMILES string of the molecule is CC/C=C\C/C=C\CC(O)/C=C/C=C\C/C=C\CCCC(=O)OC[C@H](COP(=O)(O)OC[C@@H](O)CO)OC(=O)CCCCCCC/C=C\CCCCCCCC. The minimum absolute atomic E-state index is 0.126. The zero-order valence-electron chi connectivity index (χ0n) is 34.4. The second-order valence-electron chi connectivity index (χ2n) is 13.8. The Bertz CT molecular complexity index is 1180. The van der Waals surface area contributed by atoms with Crippen LogP contribution < -0.4 is 0 Å². The van der Waals surface area contributed by atoms with Crippen molar-refractivity contribution >= 4 is 19.8 Å². The van der Waals surface area contributed by atoms with Gasteiger partial charge in [-0.15, -0.1) is 0 Å². The zero-order valence-corrected chi connectivity index (χ0v) is 35.3. The third-order valence-electron chi connectivity index (χ3n) is 8.43. The van der Waals surface area contributed by atoms with Crippen molar-refractivity contribution in [1.82, 2.24) is 0 Å².